The van der Waals surface area contributed by atoms with E-state index in [0.717, 1.165) is 0 Å². The summed E-state index contributed by atoms with van der Waals surface area (Å²) in [4.78, 5) is 0. The molecule has 140 valence electrons. The van der Waals surface area contributed by atoms with E-state index in [0.29, 0.717) is 0 Å². The van der Waals surface area contributed by atoms with Gasteiger partial charge in [0.25, 0.3) is 0 Å². The fourth-order valence-corrected chi connectivity index (χ4v) is 2.81. The minimum absolute atomic E-state index is 0.121. The van der Waals surface area contributed by atoms with Crippen LogP contribution in [-0.4, -0.2) is 0 Å². The van der Waals surface area contributed by atoms with Crippen molar-refractivity contribution in [3.63, 3.8) is 0 Å². The summed E-state index contributed by atoms with van der Waals surface area (Å²) in [6.07, 6.45) is 0. The molecule has 0 nitrogen and oxygen atoms in total. The van der Waals surface area contributed by atoms with E-state index in [2.05, 4.69) is 97.9 Å². The van der Waals surface area contributed by atoms with Crippen LogP contribution in [0.4, 0.5) is 0 Å². The first-order valence-electron chi connectivity index (χ1n) is 9.98. The molecule has 0 saturated heterocycles. The van der Waals surface area contributed by atoms with Crippen LogP contribution in [0.25, 0.3) is 0 Å². The van der Waals surface area contributed by atoms with Crippen LogP contribution in [0.5, 0.6) is 0 Å². The van der Waals surface area contributed by atoms with Gasteiger partial charge in [-0.2, -0.15) is 0 Å². The second-order valence-corrected chi connectivity index (χ2v) is 5.22. The lowest BCUT2D eigenvalue weighted by molar-refractivity contribution is 0.692. The van der Waals surface area contributed by atoms with Crippen LogP contribution >= 0.6 is 0 Å². The molecular weight excluding hydrogens is 312 g/mol. The summed E-state index contributed by atoms with van der Waals surface area (Å²) in [7, 11) is 0. The number of rotatable bonds is 3. The van der Waals surface area contributed by atoms with Gasteiger partial charge in [-0.1, -0.05) is 133 Å². The van der Waals surface area contributed by atoms with Crippen LogP contribution in [0.1, 0.15) is 65.2 Å². The fourth-order valence-electron chi connectivity index (χ4n) is 2.81. The van der Waals surface area contributed by atoms with Crippen LogP contribution in [0, 0.1) is 0 Å². The van der Waals surface area contributed by atoms with Gasteiger partial charge < -0.3 is 0 Å². The third-order valence-electron chi connectivity index (χ3n) is 4.05. The number of benzene rings is 3. The Hall–Kier alpha value is -2.34. The molecule has 0 N–H and O–H groups in total. The normalized spacial score (nSPS) is 9.35. The van der Waals surface area contributed by atoms with Gasteiger partial charge in [0.2, 0.25) is 0 Å². The maximum atomic E-state index is 2.30. The van der Waals surface area contributed by atoms with Gasteiger partial charge in [0.1, 0.15) is 0 Å². The van der Waals surface area contributed by atoms with Gasteiger partial charge in [-0.3, -0.25) is 0 Å². The molecule has 0 fully saturated rings. The molecule has 3 aromatic carbocycles. The molecule has 0 aliphatic heterocycles. The van der Waals surface area contributed by atoms with E-state index in [-0.39, 0.29) is 5.41 Å². The second-order valence-electron chi connectivity index (χ2n) is 5.22. The predicted molar refractivity (Wildman–Crippen MR) is 119 cm³/mol. The van der Waals surface area contributed by atoms with Gasteiger partial charge in [-0.25, -0.2) is 0 Å². The predicted octanol–water partition coefficient (Wildman–Crippen LogP) is 8.12. The topological polar surface area (TPSA) is 0 Å². The van der Waals surface area contributed by atoms with Crippen LogP contribution in [0.3, 0.4) is 0 Å². The Kier molecular flexibility index (Phi) is 12.6. The number of hydrogen-bond acceptors (Lipinski definition) is 0. The largest absolute Gasteiger partial charge is 0.0683 e. The Balaban J connectivity index is 0.000000948. The lowest BCUT2D eigenvalue weighted by Gasteiger charge is -2.31. The van der Waals surface area contributed by atoms with E-state index in [9.17, 15) is 0 Å². The molecule has 0 amide bonds. The van der Waals surface area contributed by atoms with Crippen molar-refractivity contribution in [1.29, 1.82) is 0 Å². The van der Waals surface area contributed by atoms with E-state index in [1.807, 2.05) is 41.5 Å². The highest BCUT2D eigenvalue weighted by atomic mass is 14.3. The summed E-state index contributed by atoms with van der Waals surface area (Å²) in [5.41, 5.74) is 3.83. The third-order valence-corrected chi connectivity index (χ3v) is 4.05. The molecule has 0 heterocycles. The molecule has 3 aromatic rings. The zero-order valence-electron chi connectivity index (χ0n) is 17.7. The minimum atomic E-state index is -0.121. The second kappa shape index (κ2) is 13.9. The van der Waals surface area contributed by atoms with Gasteiger partial charge in [-0.15, -0.1) is 0 Å². The van der Waals surface area contributed by atoms with Crippen molar-refractivity contribution in [2.75, 3.05) is 0 Å². The Morgan fingerprint density at radius 2 is 0.577 bits per heavy atom. The van der Waals surface area contributed by atoms with Crippen LogP contribution in [0.15, 0.2) is 91.0 Å². The summed E-state index contributed by atoms with van der Waals surface area (Å²) in [6.45, 7) is 14.3. The average molecular weight is 349 g/mol. The molecule has 0 saturated carbocycles. The Bertz CT molecular complexity index is 558. The first kappa shape index (κ1) is 23.7. The molecule has 0 aliphatic rings. The molecule has 0 heteroatoms. The van der Waals surface area contributed by atoms with Crippen molar-refractivity contribution >= 4 is 0 Å². The summed E-state index contributed by atoms with van der Waals surface area (Å²) >= 11 is 0. The van der Waals surface area contributed by atoms with Crippen molar-refractivity contribution in [2.45, 2.75) is 53.9 Å². The molecule has 0 aliphatic carbocycles. The van der Waals surface area contributed by atoms with E-state index < -0.39 is 0 Å². The highest BCUT2D eigenvalue weighted by Gasteiger charge is 2.30. The zero-order valence-corrected chi connectivity index (χ0v) is 17.7. The lowest BCUT2D eigenvalue weighted by atomic mass is 9.71. The molecule has 0 unspecified atom stereocenters. The van der Waals surface area contributed by atoms with Crippen LogP contribution in [0.2, 0.25) is 0 Å². The standard InChI is InChI=1S/C20H18.3C2H6/c1-20(17-11-5-2-6-12-17,18-13-7-3-8-14-18)19-15-9-4-10-16-19;3*1-2/h2-16H,1H3;3*1-2H3. The SMILES string of the molecule is CC.CC.CC.CC(c1ccccc1)(c1ccccc1)c1ccccc1. The summed E-state index contributed by atoms with van der Waals surface area (Å²) in [5.74, 6) is 0. The average Bonchev–Trinajstić information content (AvgIpc) is 2.79. The monoisotopic (exact) mass is 348 g/mol. The van der Waals surface area contributed by atoms with E-state index in [1.165, 1.54) is 16.7 Å². The van der Waals surface area contributed by atoms with E-state index in [4.69, 9.17) is 0 Å². The summed E-state index contributed by atoms with van der Waals surface area (Å²) in [6, 6.07) is 32.1. The van der Waals surface area contributed by atoms with Crippen molar-refractivity contribution < 1.29 is 0 Å². The van der Waals surface area contributed by atoms with E-state index in [1.54, 1.807) is 0 Å². The number of hydrogen-bond donors (Lipinski definition) is 0. The first-order valence-corrected chi connectivity index (χ1v) is 9.98. The van der Waals surface area contributed by atoms with Crippen molar-refractivity contribution in [1.82, 2.24) is 0 Å². The molecular formula is C26H36. The third kappa shape index (κ3) is 5.88. The molecule has 0 bridgehead atoms. The lowest BCUT2D eigenvalue weighted by Crippen LogP contribution is -2.25. The summed E-state index contributed by atoms with van der Waals surface area (Å²) in [5, 5.41) is 0. The van der Waals surface area contributed by atoms with Crippen molar-refractivity contribution in [3.05, 3.63) is 108 Å². The Labute approximate surface area is 161 Å². The maximum absolute atomic E-state index is 2.30. The van der Waals surface area contributed by atoms with Crippen molar-refractivity contribution in [3.8, 4) is 0 Å². The van der Waals surface area contributed by atoms with Crippen LogP contribution in [-0.2, 0) is 5.41 Å². The fraction of sp³-hybridized carbons (Fsp3) is 0.308. The molecule has 3 rings (SSSR count). The Morgan fingerprint density at radius 1 is 0.385 bits per heavy atom. The highest BCUT2D eigenvalue weighted by molar-refractivity contribution is 5.49. The smallest absolute Gasteiger partial charge is 0.0423 e. The van der Waals surface area contributed by atoms with Gasteiger partial charge in [0, 0.05) is 5.41 Å². The van der Waals surface area contributed by atoms with Gasteiger partial charge >= 0.3 is 0 Å². The minimum Gasteiger partial charge on any atom is -0.0683 e. The van der Waals surface area contributed by atoms with Gasteiger partial charge in [0.15, 0.2) is 0 Å². The molecule has 0 atom stereocenters. The van der Waals surface area contributed by atoms with Gasteiger partial charge in [-0.05, 0) is 23.6 Å². The van der Waals surface area contributed by atoms with Crippen LogP contribution < -0.4 is 0 Å². The molecule has 0 radical (unpaired) electrons. The summed E-state index contributed by atoms with van der Waals surface area (Å²) < 4.78 is 0. The van der Waals surface area contributed by atoms with E-state index >= 15 is 0 Å². The zero-order chi connectivity index (χ0) is 19.8. The highest BCUT2D eigenvalue weighted by Crippen LogP contribution is 2.38. The Morgan fingerprint density at radius 3 is 0.769 bits per heavy atom. The van der Waals surface area contributed by atoms with Gasteiger partial charge in [0.05, 0.1) is 0 Å². The molecule has 0 aromatic heterocycles. The molecule has 0 spiro atoms. The molecule has 26 heavy (non-hydrogen) atoms. The van der Waals surface area contributed by atoms with Crippen molar-refractivity contribution in [2.24, 2.45) is 0 Å². The first-order chi connectivity index (χ1) is 12.8. The maximum Gasteiger partial charge on any atom is 0.0423 e. The quantitative estimate of drug-likeness (QED) is 0.419.